The molecule has 0 rings (SSSR count). The molecule has 0 aromatic heterocycles. The lowest BCUT2D eigenvalue weighted by atomic mass is 10.0. The monoisotopic (exact) mass is 608 g/mol. The zero-order chi connectivity index (χ0) is 31.9. The number of hydrogen-bond acceptors (Lipinski definition) is 15. The molecule has 4 unspecified atom stereocenters. The second-order valence-corrected chi connectivity index (χ2v) is 8.55. The smallest absolute Gasteiger partial charge is 0.373 e. The molecule has 42 heavy (non-hydrogen) atoms. The minimum Gasteiger partial charge on any atom is -0.502 e. The van der Waals surface area contributed by atoms with Crippen molar-refractivity contribution in [3.63, 3.8) is 0 Å². The summed E-state index contributed by atoms with van der Waals surface area (Å²) in [6.07, 6.45) is -1.48. The third-order valence-electron chi connectivity index (χ3n) is 5.40. The van der Waals surface area contributed by atoms with Gasteiger partial charge in [-0.15, -0.1) is 0 Å². The van der Waals surface area contributed by atoms with E-state index in [0.29, 0.717) is 0 Å². The summed E-state index contributed by atoms with van der Waals surface area (Å²) < 4.78 is 31.1. The highest BCUT2D eigenvalue weighted by Crippen LogP contribution is 2.13. The molecule has 4 atom stereocenters. The number of aliphatic hydroxyl groups is 6. The van der Waals surface area contributed by atoms with E-state index in [9.17, 15) is 45.0 Å². The number of esters is 3. The molecule has 0 amide bonds. The maximum atomic E-state index is 11.5. The molecule has 0 saturated heterocycles. The summed E-state index contributed by atoms with van der Waals surface area (Å²) >= 11 is 0. The molecule has 0 aliphatic carbocycles. The number of hydrogen-bond donors (Lipinski definition) is 6. The summed E-state index contributed by atoms with van der Waals surface area (Å²) in [5.41, 5.74) is 0. The molecule has 0 spiro atoms. The van der Waals surface area contributed by atoms with Crippen molar-refractivity contribution < 1.29 is 73.4 Å². The average Bonchev–Trinajstić information content (AvgIpc) is 3.00. The Bertz CT molecular complexity index is 883. The second kappa shape index (κ2) is 23.4. The minimum atomic E-state index is -1.63. The molecule has 0 aromatic rings. The molecular formula is C27H44O15. The van der Waals surface area contributed by atoms with Gasteiger partial charge in [-0.1, -0.05) is 0 Å². The molecule has 0 heterocycles. The van der Waals surface area contributed by atoms with Crippen molar-refractivity contribution in [2.45, 2.75) is 64.4 Å². The van der Waals surface area contributed by atoms with Crippen LogP contribution in [0.4, 0.5) is 0 Å². The van der Waals surface area contributed by atoms with Gasteiger partial charge in [0.15, 0.2) is 17.3 Å². The van der Waals surface area contributed by atoms with Gasteiger partial charge >= 0.3 is 17.9 Å². The van der Waals surface area contributed by atoms with E-state index in [1.165, 1.54) is 39.0 Å². The normalized spacial score (nSPS) is 15.4. The predicted octanol–water partition coefficient (Wildman–Crippen LogP) is 0.673. The zero-order valence-electron chi connectivity index (χ0n) is 24.2. The summed E-state index contributed by atoms with van der Waals surface area (Å²) in [5, 5.41) is 59.0. The van der Waals surface area contributed by atoms with Crippen LogP contribution < -0.4 is 0 Å². The van der Waals surface area contributed by atoms with Gasteiger partial charge < -0.3 is 59.1 Å². The molecule has 0 fully saturated rings. The molecule has 0 radical (unpaired) electrons. The van der Waals surface area contributed by atoms with Crippen molar-refractivity contribution >= 4 is 17.9 Å². The van der Waals surface area contributed by atoms with E-state index in [2.05, 4.69) is 0 Å². The van der Waals surface area contributed by atoms with Gasteiger partial charge in [0.25, 0.3) is 0 Å². The van der Waals surface area contributed by atoms with Crippen LogP contribution in [0, 0.1) is 0 Å². The predicted molar refractivity (Wildman–Crippen MR) is 145 cm³/mol. The maximum absolute atomic E-state index is 11.5. The number of rotatable bonds is 23. The Kier molecular flexibility index (Phi) is 21.6. The molecule has 15 heteroatoms. The van der Waals surface area contributed by atoms with Crippen molar-refractivity contribution in [3.05, 3.63) is 35.5 Å². The van der Waals surface area contributed by atoms with Gasteiger partial charge in [0.2, 0.25) is 0 Å². The van der Waals surface area contributed by atoms with E-state index in [1.54, 1.807) is 0 Å². The van der Waals surface area contributed by atoms with E-state index < -0.39 is 66.2 Å². The van der Waals surface area contributed by atoms with Crippen LogP contribution in [-0.2, 0) is 42.8 Å². The summed E-state index contributed by atoms with van der Waals surface area (Å²) in [6.45, 7) is 3.19. The first kappa shape index (κ1) is 38.8. The quantitative estimate of drug-likeness (QED) is 0.0308. The van der Waals surface area contributed by atoms with Gasteiger partial charge in [-0.2, -0.15) is 0 Å². The molecule has 0 aliphatic rings. The Hall–Kier alpha value is -3.21. The van der Waals surface area contributed by atoms with Crippen molar-refractivity contribution in [2.75, 3.05) is 52.9 Å². The number of allylic oxidation sites excluding steroid dienone is 3. The van der Waals surface area contributed by atoms with Gasteiger partial charge in [-0.3, -0.25) is 0 Å². The Labute approximate surface area is 244 Å². The molecule has 6 N–H and O–H groups in total. The average molecular weight is 609 g/mol. The topological polar surface area (TPSA) is 228 Å². The van der Waals surface area contributed by atoms with E-state index in [-0.39, 0.29) is 65.5 Å². The molecular weight excluding hydrogens is 564 g/mol. The standard InChI is InChI=1S/C27H44O15/c1-4-18(29)25(34)40-13-7-10-37-17-22(39-12-9-15-42-27(36)20(31)6-3)24(33)23(32)21(16-28)38-11-8-14-41-26(35)19(30)5-2/h4-6,21-24,28-33H,7-17H2,1-3H3. The van der Waals surface area contributed by atoms with Crippen molar-refractivity contribution in [1.82, 2.24) is 0 Å². The van der Waals surface area contributed by atoms with Crippen LogP contribution in [0.5, 0.6) is 0 Å². The van der Waals surface area contributed by atoms with Gasteiger partial charge in [0.1, 0.15) is 24.4 Å². The van der Waals surface area contributed by atoms with Crippen LogP contribution >= 0.6 is 0 Å². The Morgan fingerprint density at radius 2 is 0.952 bits per heavy atom. The van der Waals surface area contributed by atoms with E-state index in [4.69, 9.17) is 28.4 Å². The van der Waals surface area contributed by atoms with Crippen LogP contribution in [0.2, 0.25) is 0 Å². The zero-order valence-corrected chi connectivity index (χ0v) is 24.2. The van der Waals surface area contributed by atoms with Gasteiger partial charge in [0.05, 0.1) is 46.2 Å². The van der Waals surface area contributed by atoms with Crippen molar-refractivity contribution in [1.29, 1.82) is 0 Å². The van der Waals surface area contributed by atoms with Crippen LogP contribution in [-0.4, -0.2) is 126 Å². The lowest BCUT2D eigenvalue weighted by molar-refractivity contribution is -0.162. The Balaban J connectivity index is 4.92. The Morgan fingerprint density at radius 3 is 1.33 bits per heavy atom. The largest absolute Gasteiger partial charge is 0.502 e. The fraction of sp³-hybridized carbons (Fsp3) is 0.667. The van der Waals surface area contributed by atoms with Gasteiger partial charge in [-0.25, -0.2) is 14.4 Å². The van der Waals surface area contributed by atoms with Crippen LogP contribution in [0.15, 0.2) is 35.5 Å². The maximum Gasteiger partial charge on any atom is 0.373 e. The van der Waals surface area contributed by atoms with E-state index in [0.717, 1.165) is 0 Å². The second-order valence-electron chi connectivity index (χ2n) is 8.55. The van der Waals surface area contributed by atoms with Crippen molar-refractivity contribution in [3.8, 4) is 0 Å². The number of carbonyl (C=O) groups excluding carboxylic acids is 3. The lowest BCUT2D eigenvalue weighted by Crippen LogP contribution is -2.49. The summed E-state index contributed by atoms with van der Waals surface area (Å²) in [5.74, 6) is -4.31. The van der Waals surface area contributed by atoms with Crippen molar-refractivity contribution in [2.24, 2.45) is 0 Å². The van der Waals surface area contributed by atoms with Gasteiger partial charge in [0, 0.05) is 25.9 Å². The fourth-order valence-electron chi connectivity index (χ4n) is 2.96. The molecule has 0 bridgehead atoms. The minimum absolute atomic E-state index is 0.0446. The number of aliphatic hydroxyl groups excluding tert-OH is 6. The number of carbonyl (C=O) groups is 3. The number of ether oxygens (including phenoxy) is 6. The molecule has 15 nitrogen and oxygen atoms in total. The van der Waals surface area contributed by atoms with Gasteiger partial charge in [-0.05, 0) is 39.0 Å². The molecule has 0 aromatic carbocycles. The highest BCUT2D eigenvalue weighted by molar-refractivity contribution is 5.86. The van der Waals surface area contributed by atoms with Crippen LogP contribution in [0.25, 0.3) is 0 Å². The van der Waals surface area contributed by atoms with E-state index in [1.807, 2.05) is 0 Å². The Morgan fingerprint density at radius 1 is 0.595 bits per heavy atom. The molecule has 242 valence electrons. The fourth-order valence-corrected chi connectivity index (χ4v) is 2.96. The van der Waals surface area contributed by atoms with Crippen LogP contribution in [0.3, 0.4) is 0 Å². The molecule has 0 saturated carbocycles. The summed E-state index contributed by atoms with van der Waals surface area (Å²) in [4.78, 5) is 34.4. The lowest BCUT2D eigenvalue weighted by Gasteiger charge is -2.31. The molecule has 0 aliphatic heterocycles. The first-order valence-electron chi connectivity index (χ1n) is 13.4. The highest BCUT2D eigenvalue weighted by Gasteiger charge is 2.33. The van der Waals surface area contributed by atoms with Crippen LogP contribution in [0.1, 0.15) is 40.0 Å². The first-order valence-corrected chi connectivity index (χ1v) is 13.4. The summed E-state index contributed by atoms with van der Waals surface area (Å²) in [7, 11) is 0. The van der Waals surface area contributed by atoms with E-state index >= 15 is 0 Å². The first-order chi connectivity index (χ1) is 20.0. The SMILES string of the molecule is CC=C(O)C(=O)OCCCOCC(OCCCOC(=O)C(O)=CC)C(O)C(O)C(CO)OCCCOC(=O)C(O)=CC. The summed E-state index contributed by atoms with van der Waals surface area (Å²) in [6, 6.07) is 0. The third-order valence-corrected chi connectivity index (χ3v) is 5.40. The third kappa shape index (κ3) is 16.3. The highest BCUT2D eigenvalue weighted by atomic mass is 16.6.